The predicted octanol–water partition coefficient (Wildman–Crippen LogP) is 4.21. The normalized spacial score (nSPS) is 10.8. The van der Waals surface area contributed by atoms with Gasteiger partial charge < -0.3 is 10.1 Å². The number of methoxy groups -OCH3 is 1. The average molecular weight is 322 g/mol. The summed E-state index contributed by atoms with van der Waals surface area (Å²) < 4.78 is 7.22. The molecule has 1 N–H and O–H groups in total. The van der Waals surface area contributed by atoms with Gasteiger partial charge >= 0.3 is 0 Å². The molecule has 0 bridgehead atoms. The molecule has 0 atom stereocenters. The van der Waals surface area contributed by atoms with Crippen LogP contribution in [0, 0.1) is 0 Å². The lowest BCUT2D eigenvalue weighted by Gasteiger charge is -2.10. The lowest BCUT2D eigenvalue weighted by Crippen LogP contribution is -2.00. The van der Waals surface area contributed by atoms with Crippen molar-refractivity contribution >= 4 is 28.5 Å². The van der Waals surface area contributed by atoms with Gasteiger partial charge in [0, 0.05) is 18.1 Å². The van der Waals surface area contributed by atoms with E-state index in [4.69, 9.17) is 4.74 Å². The van der Waals surface area contributed by atoms with Gasteiger partial charge in [-0.15, -0.1) is 11.3 Å². The minimum absolute atomic E-state index is 0.723. The number of ether oxygens (including phenoxy) is 1. The molecule has 114 valence electrons. The molecule has 0 spiro atoms. The van der Waals surface area contributed by atoms with Gasteiger partial charge in [0.1, 0.15) is 5.75 Å². The number of aromatic nitrogens is 3. The van der Waals surface area contributed by atoms with E-state index < -0.39 is 0 Å². The maximum atomic E-state index is 5.18. The molecular weight excluding hydrogens is 308 g/mol. The average Bonchev–Trinajstić information content (AvgIpc) is 3.28. The number of thiophene rings is 1. The molecule has 0 unspecified atom stereocenters. The number of nitrogens with one attached hydrogen (secondary N) is 1. The highest BCUT2D eigenvalue weighted by molar-refractivity contribution is 7.13. The first-order valence-electron chi connectivity index (χ1n) is 7.12. The molecule has 0 aliphatic carbocycles. The van der Waals surface area contributed by atoms with Crippen LogP contribution < -0.4 is 10.1 Å². The van der Waals surface area contributed by atoms with Gasteiger partial charge in [0.15, 0.2) is 11.5 Å². The molecule has 23 heavy (non-hydrogen) atoms. The quantitative estimate of drug-likeness (QED) is 0.611. The number of anilines is 2. The van der Waals surface area contributed by atoms with Gasteiger partial charge in [-0.25, -0.2) is 9.97 Å². The summed E-state index contributed by atoms with van der Waals surface area (Å²) in [7, 11) is 1.65. The molecule has 0 saturated heterocycles. The lowest BCUT2D eigenvalue weighted by atomic mass is 10.3. The van der Waals surface area contributed by atoms with Crippen LogP contribution in [0.5, 0.6) is 5.75 Å². The number of imidazole rings is 1. The van der Waals surface area contributed by atoms with Crippen molar-refractivity contribution in [3.05, 3.63) is 60.4 Å². The van der Waals surface area contributed by atoms with Gasteiger partial charge in [-0.2, -0.15) is 0 Å². The van der Waals surface area contributed by atoms with Crippen LogP contribution in [0.1, 0.15) is 0 Å². The summed E-state index contributed by atoms with van der Waals surface area (Å²) in [5.41, 5.74) is 2.77. The van der Waals surface area contributed by atoms with Gasteiger partial charge in [-0.05, 0) is 35.7 Å². The number of rotatable bonds is 4. The van der Waals surface area contributed by atoms with Gasteiger partial charge in [-0.1, -0.05) is 6.07 Å². The van der Waals surface area contributed by atoms with E-state index in [2.05, 4.69) is 26.7 Å². The third-order valence-corrected chi connectivity index (χ3v) is 4.45. The first-order valence-corrected chi connectivity index (χ1v) is 8.00. The molecule has 0 fully saturated rings. The third kappa shape index (κ3) is 2.53. The molecule has 0 amide bonds. The monoisotopic (exact) mass is 322 g/mol. The number of fused-ring (bicyclic) bond motifs is 1. The Balaban J connectivity index is 1.73. The first kappa shape index (κ1) is 13.8. The largest absolute Gasteiger partial charge is 0.497 e. The topological polar surface area (TPSA) is 51.5 Å². The van der Waals surface area contributed by atoms with E-state index in [1.54, 1.807) is 24.6 Å². The van der Waals surface area contributed by atoms with Crippen molar-refractivity contribution in [2.75, 3.05) is 12.4 Å². The molecule has 0 aliphatic rings. The Labute approximate surface area is 137 Å². The second kappa shape index (κ2) is 5.73. The molecule has 0 aliphatic heterocycles. The van der Waals surface area contributed by atoms with Crippen LogP contribution in [0.25, 0.3) is 16.2 Å². The zero-order chi connectivity index (χ0) is 15.6. The summed E-state index contributed by atoms with van der Waals surface area (Å²) in [5, 5.41) is 5.37. The summed E-state index contributed by atoms with van der Waals surface area (Å²) in [6.07, 6.45) is 5.60. The molecule has 4 rings (SSSR count). The Bertz CT molecular complexity index is 929. The Morgan fingerprint density at radius 3 is 2.74 bits per heavy atom. The lowest BCUT2D eigenvalue weighted by molar-refractivity contribution is 0.415. The second-order valence-electron chi connectivity index (χ2n) is 4.94. The molecular formula is C17H14N4OS. The second-order valence-corrected chi connectivity index (χ2v) is 5.89. The minimum Gasteiger partial charge on any atom is -0.497 e. The highest BCUT2D eigenvalue weighted by Gasteiger charge is 2.11. The van der Waals surface area contributed by atoms with Crippen LogP contribution in [0.3, 0.4) is 0 Å². The third-order valence-electron chi connectivity index (χ3n) is 3.55. The van der Waals surface area contributed by atoms with E-state index in [0.717, 1.165) is 33.5 Å². The summed E-state index contributed by atoms with van der Waals surface area (Å²) >= 11 is 1.69. The predicted molar refractivity (Wildman–Crippen MR) is 92.6 cm³/mol. The fraction of sp³-hybridized carbons (Fsp3) is 0.0588. The SMILES string of the molecule is COc1ccc(Nc2ncc(-c3cccs3)n3ccnc23)cc1. The fourth-order valence-corrected chi connectivity index (χ4v) is 3.16. The number of hydrogen-bond acceptors (Lipinski definition) is 5. The molecule has 5 nitrogen and oxygen atoms in total. The molecule has 0 radical (unpaired) electrons. The number of benzene rings is 1. The van der Waals surface area contributed by atoms with E-state index in [0.29, 0.717) is 0 Å². The smallest absolute Gasteiger partial charge is 0.180 e. The van der Waals surface area contributed by atoms with Crippen LogP contribution in [0.2, 0.25) is 0 Å². The number of nitrogens with zero attached hydrogens (tertiary/aromatic N) is 3. The van der Waals surface area contributed by atoms with Gasteiger partial charge in [-0.3, -0.25) is 4.40 Å². The summed E-state index contributed by atoms with van der Waals surface area (Å²) in [6.45, 7) is 0. The van der Waals surface area contributed by atoms with Crippen molar-refractivity contribution < 1.29 is 4.74 Å². The van der Waals surface area contributed by atoms with Crippen LogP contribution >= 0.6 is 11.3 Å². The van der Waals surface area contributed by atoms with Crippen molar-refractivity contribution in [1.29, 1.82) is 0 Å². The van der Waals surface area contributed by atoms with Crippen molar-refractivity contribution in [1.82, 2.24) is 14.4 Å². The van der Waals surface area contributed by atoms with Crippen LogP contribution in [-0.4, -0.2) is 21.5 Å². The highest BCUT2D eigenvalue weighted by Crippen LogP contribution is 2.28. The van der Waals surface area contributed by atoms with Crippen molar-refractivity contribution in [3.8, 4) is 16.3 Å². The Kier molecular flexibility index (Phi) is 3.44. The summed E-state index contributed by atoms with van der Waals surface area (Å²) in [4.78, 5) is 10.2. The van der Waals surface area contributed by atoms with Gasteiger partial charge in [0.05, 0.1) is 23.9 Å². The fourth-order valence-electron chi connectivity index (χ4n) is 2.42. The Hall–Kier alpha value is -2.86. The zero-order valence-corrected chi connectivity index (χ0v) is 13.2. The number of hydrogen-bond donors (Lipinski definition) is 1. The van der Waals surface area contributed by atoms with Crippen molar-refractivity contribution in [2.24, 2.45) is 0 Å². The molecule has 6 heteroatoms. The standard InChI is InChI=1S/C17H14N4OS/c1-22-13-6-4-12(5-7-13)20-16-17-18-8-9-21(17)14(11-19-16)15-3-2-10-23-15/h2-11H,1H3,(H,19,20). The molecule has 3 heterocycles. The van der Waals surface area contributed by atoms with Gasteiger partial charge in [0.2, 0.25) is 0 Å². The summed E-state index contributed by atoms with van der Waals surface area (Å²) in [5.74, 6) is 1.54. The van der Waals surface area contributed by atoms with Crippen LogP contribution in [-0.2, 0) is 0 Å². The van der Waals surface area contributed by atoms with E-state index in [9.17, 15) is 0 Å². The minimum atomic E-state index is 0.723. The molecule has 4 aromatic rings. The van der Waals surface area contributed by atoms with E-state index >= 15 is 0 Å². The van der Waals surface area contributed by atoms with Crippen molar-refractivity contribution in [3.63, 3.8) is 0 Å². The Morgan fingerprint density at radius 1 is 1.13 bits per heavy atom. The highest BCUT2D eigenvalue weighted by atomic mass is 32.1. The summed E-state index contributed by atoms with van der Waals surface area (Å²) in [6, 6.07) is 11.8. The van der Waals surface area contributed by atoms with Crippen LogP contribution in [0.15, 0.2) is 60.4 Å². The molecule has 3 aromatic heterocycles. The van der Waals surface area contributed by atoms with Gasteiger partial charge in [0.25, 0.3) is 0 Å². The van der Waals surface area contributed by atoms with E-state index in [1.165, 1.54) is 0 Å². The molecule has 1 aromatic carbocycles. The first-order chi connectivity index (χ1) is 11.3. The molecule has 0 saturated carbocycles. The van der Waals surface area contributed by atoms with E-state index in [-0.39, 0.29) is 0 Å². The maximum absolute atomic E-state index is 5.18. The van der Waals surface area contributed by atoms with Crippen molar-refractivity contribution in [2.45, 2.75) is 0 Å². The maximum Gasteiger partial charge on any atom is 0.180 e. The van der Waals surface area contributed by atoms with Crippen LogP contribution in [0.4, 0.5) is 11.5 Å². The zero-order valence-electron chi connectivity index (χ0n) is 12.4. The Morgan fingerprint density at radius 2 is 2.00 bits per heavy atom. The van der Waals surface area contributed by atoms with E-state index in [1.807, 2.05) is 47.1 Å².